The predicted molar refractivity (Wildman–Crippen MR) is 83.1 cm³/mol. The van der Waals surface area contributed by atoms with E-state index in [1.54, 1.807) is 0 Å². The molecule has 6 nitrogen and oxygen atoms in total. The fourth-order valence-electron chi connectivity index (χ4n) is 1.80. The molecule has 0 aliphatic rings. The van der Waals surface area contributed by atoms with Crippen molar-refractivity contribution in [3.8, 4) is 5.75 Å². The SMILES string of the molecule is C[C@H](Oc1ccc([N+](=O)[O-])cc1Cl)C(=O)Nc1ccc(F)c(F)c1F. The van der Waals surface area contributed by atoms with Gasteiger partial charge in [-0.2, -0.15) is 0 Å². The molecule has 0 heterocycles. The van der Waals surface area contributed by atoms with Crippen LogP contribution in [0.25, 0.3) is 0 Å². The minimum Gasteiger partial charge on any atom is -0.479 e. The van der Waals surface area contributed by atoms with Gasteiger partial charge in [0.1, 0.15) is 5.75 Å². The molecule has 2 aromatic carbocycles. The smallest absolute Gasteiger partial charge is 0.271 e. The highest BCUT2D eigenvalue weighted by Gasteiger charge is 2.21. The summed E-state index contributed by atoms with van der Waals surface area (Å²) < 4.78 is 44.8. The Morgan fingerprint density at radius 3 is 2.52 bits per heavy atom. The number of nitrogens with zero attached hydrogens (tertiary/aromatic N) is 1. The maximum Gasteiger partial charge on any atom is 0.271 e. The molecule has 0 bridgehead atoms. The number of amides is 1. The summed E-state index contributed by atoms with van der Waals surface area (Å²) in [6.07, 6.45) is -1.20. The Bertz CT molecular complexity index is 848. The van der Waals surface area contributed by atoms with Gasteiger partial charge in [0.2, 0.25) is 0 Å². The number of nitrogens with one attached hydrogen (secondary N) is 1. The third kappa shape index (κ3) is 4.18. The largest absolute Gasteiger partial charge is 0.479 e. The van der Waals surface area contributed by atoms with Crippen molar-refractivity contribution in [1.29, 1.82) is 0 Å². The third-order valence-electron chi connectivity index (χ3n) is 3.09. The van der Waals surface area contributed by atoms with Crippen LogP contribution in [0.3, 0.4) is 0 Å². The molecule has 2 rings (SSSR count). The lowest BCUT2D eigenvalue weighted by atomic mass is 10.2. The Balaban J connectivity index is 2.11. The lowest BCUT2D eigenvalue weighted by molar-refractivity contribution is -0.384. The van der Waals surface area contributed by atoms with E-state index >= 15 is 0 Å². The first kappa shape index (κ1) is 18.5. The number of benzene rings is 2. The van der Waals surface area contributed by atoms with Gasteiger partial charge in [0.25, 0.3) is 11.6 Å². The molecule has 1 amide bonds. The molecule has 1 N–H and O–H groups in total. The molecule has 0 aromatic heterocycles. The van der Waals surface area contributed by atoms with Gasteiger partial charge >= 0.3 is 0 Å². The van der Waals surface area contributed by atoms with Crippen LogP contribution in [0.2, 0.25) is 5.02 Å². The molecular formula is C15H10ClF3N2O4. The van der Waals surface area contributed by atoms with Crippen LogP contribution in [0, 0.1) is 27.6 Å². The van der Waals surface area contributed by atoms with Gasteiger partial charge in [-0.1, -0.05) is 11.6 Å². The van der Waals surface area contributed by atoms with Crippen LogP contribution in [0.15, 0.2) is 30.3 Å². The van der Waals surface area contributed by atoms with Crippen LogP contribution in [-0.4, -0.2) is 16.9 Å². The molecule has 0 aliphatic carbocycles. The Kier molecular flexibility index (Phi) is 5.48. The highest BCUT2D eigenvalue weighted by atomic mass is 35.5. The number of ether oxygens (including phenoxy) is 1. The van der Waals surface area contributed by atoms with Gasteiger partial charge in [-0.25, -0.2) is 13.2 Å². The van der Waals surface area contributed by atoms with Crippen molar-refractivity contribution in [2.75, 3.05) is 5.32 Å². The van der Waals surface area contributed by atoms with E-state index in [9.17, 15) is 28.1 Å². The number of nitro benzene ring substituents is 1. The van der Waals surface area contributed by atoms with Gasteiger partial charge < -0.3 is 10.1 Å². The van der Waals surface area contributed by atoms with Crippen molar-refractivity contribution < 1.29 is 27.6 Å². The summed E-state index contributed by atoms with van der Waals surface area (Å²) in [7, 11) is 0. The number of rotatable bonds is 5. The number of non-ortho nitro benzene ring substituents is 1. The number of hydrogen-bond donors (Lipinski definition) is 1. The zero-order valence-electron chi connectivity index (χ0n) is 12.6. The van der Waals surface area contributed by atoms with Gasteiger partial charge in [0.15, 0.2) is 23.6 Å². The molecule has 132 valence electrons. The summed E-state index contributed by atoms with van der Waals surface area (Å²) in [6, 6.07) is 4.88. The molecule has 10 heteroatoms. The molecule has 0 aliphatic heterocycles. The fraction of sp³-hybridized carbons (Fsp3) is 0.133. The number of hydrogen-bond acceptors (Lipinski definition) is 4. The van der Waals surface area contributed by atoms with Crippen LogP contribution < -0.4 is 10.1 Å². The van der Waals surface area contributed by atoms with E-state index in [2.05, 4.69) is 5.32 Å². The number of nitro groups is 1. The van der Waals surface area contributed by atoms with Crippen molar-refractivity contribution in [3.05, 3.63) is 62.9 Å². The van der Waals surface area contributed by atoms with E-state index in [0.29, 0.717) is 6.07 Å². The first-order valence-corrected chi connectivity index (χ1v) is 7.13. The number of carbonyl (C=O) groups excluding carboxylic acids is 1. The first-order chi connectivity index (χ1) is 11.7. The molecular weight excluding hydrogens is 365 g/mol. The van der Waals surface area contributed by atoms with E-state index in [0.717, 1.165) is 18.2 Å². The predicted octanol–water partition coefficient (Wildman–Crippen LogP) is 4.07. The summed E-state index contributed by atoms with van der Waals surface area (Å²) in [4.78, 5) is 22.0. The minimum atomic E-state index is -1.72. The topological polar surface area (TPSA) is 81.5 Å². The molecule has 1 atom stereocenters. The van der Waals surface area contributed by atoms with E-state index in [4.69, 9.17) is 16.3 Å². The molecule has 0 radical (unpaired) electrons. The maximum atomic E-state index is 13.5. The quantitative estimate of drug-likeness (QED) is 0.486. The van der Waals surface area contributed by atoms with Crippen molar-refractivity contribution in [3.63, 3.8) is 0 Å². The summed E-state index contributed by atoms with van der Waals surface area (Å²) in [6.45, 7) is 1.30. The monoisotopic (exact) mass is 374 g/mol. The molecule has 0 spiro atoms. The molecule has 25 heavy (non-hydrogen) atoms. The van der Waals surface area contributed by atoms with Gasteiger partial charge in [-0.15, -0.1) is 0 Å². The van der Waals surface area contributed by atoms with Crippen molar-refractivity contribution in [2.24, 2.45) is 0 Å². The van der Waals surface area contributed by atoms with Gasteiger partial charge in [0, 0.05) is 12.1 Å². The first-order valence-electron chi connectivity index (χ1n) is 6.75. The molecule has 0 saturated carbocycles. The highest BCUT2D eigenvalue weighted by Crippen LogP contribution is 2.29. The highest BCUT2D eigenvalue weighted by molar-refractivity contribution is 6.32. The van der Waals surface area contributed by atoms with E-state index in [1.165, 1.54) is 13.0 Å². The number of anilines is 1. The molecule has 2 aromatic rings. The zero-order valence-corrected chi connectivity index (χ0v) is 13.3. The van der Waals surface area contributed by atoms with Crippen LogP contribution in [0.5, 0.6) is 5.75 Å². The van der Waals surface area contributed by atoms with Crippen molar-refractivity contribution in [2.45, 2.75) is 13.0 Å². The molecule has 0 unspecified atom stereocenters. The van der Waals surface area contributed by atoms with Crippen molar-refractivity contribution in [1.82, 2.24) is 0 Å². The normalized spacial score (nSPS) is 11.7. The van der Waals surface area contributed by atoms with Crippen LogP contribution in [0.1, 0.15) is 6.92 Å². The lowest BCUT2D eigenvalue weighted by Gasteiger charge is -2.16. The van der Waals surface area contributed by atoms with Crippen LogP contribution in [0.4, 0.5) is 24.5 Å². The van der Waals surface area contributed by atoms with E-state index < -0.39 is 40.1 Å². The Morgan fingerprint density at radius 2 is 1.92 bits per heavy atom. The fourth-order valence-corrected chi connectivity index (χ4v) is 2.02. The summed E-state index contributed by atoms with van der Waals surface area (Å²) in [5.74, 6) is -5.53. The van der Waals surface area contributed by atoms with Gasteiger partial charge in [-0.3, -0.25) is 14.9 Å². The Hall–Kier alpha value is -2.81. The van der Waals surface area contributed by atoms with E-state index in [1.807, 2.05) is 0 Å². The standard InChI is InChI=1S/C15H10ClF3N2O4/c1-7(25-12-5-2-8(21(23)24)6-9(12)16)15(22)20-11-4-3-10(17)13(18)14(11)19/h2-7H,1H3,(H,20,22)/t7-/m0/s1. The van der Waals surface area contributed by atoms with E-state index in [-0.39, 0.29) is 16.5 Å². The lowest BCUT2D eigenvalue weighted by Crippen LogP contribution is -2.30. The van der Waals surface area contributed by atoms with Crippen LogP contribution >= 0.6 is 11.6 Å². The zero-order chi connectivity index (χ0) is 18.7. The molecule has 0 saturated heterocycles. The second kappa shape index (κ2) is 7.39. The third-order valence-corrected chi connectivity index (χ3v) is 3.39. The maximum absolute atomic E-state index is 13.5. The Morgan fingerprint density at radius 1 is 1.24 bits per heavy atom. The molecule has 0 fully saturated rings. The van der Waals surface area contributed by atoms with Crippen molar-refractivity contribution >= 4 is 28.9 Å². The van der Waals surface area contributed by atoms with Gasteiger partial charge in [-0.05, 0) is 25.1 Å². The Labute approximate surface area is 144 Å². The summed E-state index contributed by atoms with van der Waals surface area (Å²) in [5.41, 5.74) is -0.826. The second-order valence-electron chi connectivity index (χ2n) is 4.84. The second-order valence-corrected chi connectivity index (χ2v) is 5.25. The average molecular weight is 375 g/mol. The minimum absolute atomic E-state index is 0.0133. The number of carbonyl (C=O) groups is 1. The van der Waals surface area contributed by atoms with Gasteiger partial charge in [0.05, 0.1) is 15.6 Å². The van der Waals surface area contributed by atoms with Crippen LogP contribution in [-0.2, 0) is 4.79 Å². The summed E-state index contributed by atoms with van der Waals surface area (Å²) >= 11 is 5.83. The number of halogens is 4. The summed E-state index contributed by atoms with van der Waals surface area (Å²) in [5, 5.41) is 12.6. The average Bonchev–Trinajstić information content (AvgIpc) is 2.56.